The van der Waals surface area contributed by atoms with Crippen LogP contribution in [-0.2, 0) is 4.79 Å². The Morgan fingerprint density at radius 2 is 1.88 bits per heavy atom. The molecule has 0 aliphatic heterocycles. The lowest BCUT2D eigenvalue weighted by atomic mass is 10.2. The Bertz CT molecular complexity index is 806. The van der Waals surface area contributed by atoms with E-state index in [9.17, 15) is 14.0 Å². The number of amides is 1. The van der Waals surface area contributed by atoms with E-state index in [4.69, 9.17) is 14.6 Å². The van der Waals surface area contributed by atoms with Crippen molar-refractivity contribution in [3.8, 4) is 11.5 Å². The number of carbonyl (C=O) groups is 2. The quantitative estimate of drug-likeness (QED) is 0.557. The van der Waals surface area contributed by atoms with Gasteiger partial charge in [0.2, 0.25) is 0 Å². The smallest absolute Gasteiger partial charge is 0.341 e. The van der Waals surface area contributed by atoms with E-state index in [0.29, 0.717) is 23.7 Å². The van der Waals surface area contributed by atoms with E-state index in [2.05, 4.69) is 10.5 Å². The Morgan fingerprint density at radius 1 is 1.15 bits per heavy atom. The lowest BCUT2D eigenvalue weighted by Crippen LogP contribution is -2.17. The number of hydrogen-bond acceptors (Lipinski definition) is 5. The summed E-state index contributed by atoms with van der Waals surface area (Å²) in [6.45, 7) is 1.66. The number of hydrogen-bond donors (Lipinski definition) is 2. The zero-order valence-electron chi connectivity index (χ0n) is 13.9. The van der Waals surface area contributed by atoms with Crippen LogP contribution in [0.1, 0.15) is 22.8 Å². The van der Waals surface area contributed by atoms with E-state index in [1.54, 1.807) is 25.1 Å². The molecule has 0 aliphatic rings. The van der Waals surface area contributed by atoms with Gasteiger partial charge in [-0.05, 0) is 55.0 Å². The molecule has 2 rings (SSSR count). The van der Waals surface area contributed by atoms with Crippen LogP contribution in [-0.4, -0.2) is 36.4 Å². The summed E-state index contributed by atoms with van der Waals surface area (Å²) in [6, 6.07) is 9.86. The molecule has 0 atom stereocenters. The summed E-state index contributed by atoms with van der Waals surface area (Å²) in [5, 5.41) is 12.5. The third-order valence-corrected chi connectivity index (χ3v) is 3.10. The maximum atomic E-state index is 12.8. The van der Waals surface area contributed by atoms with Crippen LogP contribution < -0.4 is 14.9 Å². The van der Waals surface area contributed by atoms with Crippen LogP contribution in [0.4, 0.5) is 4.39 Å². The highest BCUT2D eigenvalue weighted by Gasteiger charge is 2.08. The van der Waals surface area contributed by atoms with Crippen molar-refractivity contribution in [3.63, 3.8) is 0 Å². The summed E-state index contributed by atoms with van der Waals surface area (Å²) >= 11 is 0. The minimum Gasteiger partial charge on any atom is -0.490 e. The molecule has 8 heteroatoms. The van der Waals surface area contributed by atoms with Gasteiger partial charge in [-0.3, -0.25) is 4.79 Å². The van der Waals surface area contributed by atoms with Gasteiger partial charge in [-0.2, -0.15) is 5.10 Å². The molecule has 0 saturated heterocycles. The molecule has 0 bridgehead atoms. The van der Waals surface area contributed by atoms with Crippen molar-refractivity contribution >= 4 is 18.1 Å². The Morgan fingerprint density at radius 3 is 2.54 bits per heavy atom. The maximum Gasteiger partial charge on any atom is 0.341 e. The third-order valence-electron chi connectivity index (χ3n) is 3.10. The zero-order chi connectivity index (χ0) is 18.9. The summed E-state index contributed by atoms with van der Waals surface area (Å²) in [6.07, 6.45) is 1.39. The molecular weight excluding hydrogens is 343 g/mol. The van der Waals surface area contributed by atoms with E-state index in [1.807, 2.05) is 0 Å². The first-order chi connectivity index (χ1) is 12.5. The molecule has 0 aromatic heterocycles. The first kappa shape index (κ1) is 18.9. The SMILES string of the molecule is CCOc1cc(/C=N\NC(=O)c2ccc(F)cc2)ccc1OCC(=O)O. The minimum atomic E-state index is -1.10. The fraction of sp³-hybridized carbons (Fsp3) is 0.167. The van der Waals surface area contributed by atoms with Crippen molar-refractivity contribution in [3.05, 3.63) is 59.4 Å². The van der Waals surface area contributed by atoms with Crippen molar-refractivity contribution in [1.29, 1.82) is 0 Å². The van der Waals surface area contributed by atoms with Gasteiger partial charge in [0.05, 0.1) is 12.8 Å². The summed E-state index contributed by atoms with van der Waals surface area (Å²) in [5.41, 5.74) is 3.21. The highest BCUT2D eigenvalue weighted by molar-refractivity contribution is 5.94. The number of aliphatic carboxylic acids is 1. The van der Waals surface area contributed by atoms with Gasteiger partial charge in [0, 0.05) is 5.56 Å². The van der Waals surface area contributed by atoms with Gasteiger partial charge in [0.15, 0.2) is 18.1 Å². The molecule has 0 heterocycles. The normalized spacial score (nSPS) is 10.5. The molecule has 0 spiro atoms. The van der Waals surface area contributed by atoms with Crippen LogP contribution in [0.25, 0.3) is 0 Å². The summed E-state index contributed by atoms with van der Waals surface area (Å²) in [5.74, 6) is -1.35. The number of hydrazone groups is 1. The summed E-state index contributed by atoms with van der Waals surface area (Å²) in [4.78, 5) is 22.5. The van der Waals surface area contributed by atoms with E-state index >= 15 is 0 Å². The first-order valence-electron chi connectivity index (χ1n) is 7.70. The van der Waals surface area contributed by atoms with Crippen molar-refractivity contribution in [2.75, 3.05) is 13.2 Å². The van der Waals surface area contributed by atoms with Gasteiger partial charge < -0.3 is 14.6 Å². The topological polar surface area (TPSA) is 97.2 Å². The van der Waals surface area contributed by atoms with Crippen molar-refractivity contribution < 1.29 is 28.6 Å². The zero-order valence-corrected chi connectivity index (χ0v) is 13.9. The average Bonchev–Trinajstić information content (AvgIpc) is 2.61. The third kappa shape index (κ3) is 5.59. The highest BCUT2D eigenvalue weighted by atomic mass is 19.1. The number of carboxylic acids is 1. The number of rotatable bonds is 8. The molecule has 1 amide bonds. The molecular formula is C18H17FN2O5. The number of ether oxygens (including phenoxy) is 2. The van der Waals surface area contributed by atoms with Crippen molar-refractivity contribution in [2.45, 2.75) is 6.92 Å². The predicted octanol–water partition coefficient (Wildman–Crippen LogP) is 2.45. The second-order valence-electron chi connectivity index (χ2n) is 5.03. The average molecular weight is 360 g/mol. The van der Waals surface area contributed by atoms with Crippen LogP contribution in [0.15, 0.2) is 47.6 Å². The number of halogens is 1. The lowest BCUT2D eigenvalue weighted by Gasteiger charge is -2.11. The molecule has 0 aliphatic carbocycles. The second kappa shape index (κ2) is 9.16. The molecule has 2 N–H and O–H groups in total. The molecule has 7 nitrogen and oxygen atoms in total. The predicted molar refractivity (Wildman–Crippen MR) is 92.2 cm³/mol. The van der Waals surface area contributed by atoms with Crippen LogP contribution in [0.5, 0.6) is 11.5 Å². The van der Waals surface area contributed by atoms with Crippen molar-refractivity contribution in [1.82, 2.24) is 5.43 Å². The van der Waals surface area contributed by atoms with Crippen LogP contribution in [0.3, 0.4) is 0 Å². The number of carboxylic acid groups (broad SMARTS) is 1. The molecule has 26 heavy (non-hydrogen) atoms. The molecule has 0 saturated carbocycles. The summed E-state index contributed by atoms with van der Waals surface area (Å²) < 4.78 is 23.4. The Labute approximate surface area is 149 Å². The van der Waals surface area contributed by atoms with Crippen molar-refractivity contribution in [2.24, 2.45) is 5.10 Å². The Kier molecular flexibility index (Phi) is 6.67. The van der Waals surface area contributed by atoms with Gasteiger partial charge in [-0.25, -0.2) is 14.6 Å². The van der Waals surface area contributed by atoms with Crippen LogP contribution in [0.2, 0.25) is 0 Å². The number of benzene rings is 2. The fourth-order valence-electron chi connectivity index (χ4n) is 1.96. The first-order valence-corrected chi connectivity index (χ1v) is 7.70. The Hall–Kier alpha value is -3.42. The molecule has 2 aromatic rings. The van der Waals surface area contributed by atoms with E-state index in [1.165, 1.54) is 30.5 Å². The van der Waals surface area contributed by atoms with E-state index < -0.39 is 24.3 Å². The van der Waals surface area contributed by atoms with Crippen LogP contribution >= 0.6 is 0 Å². The second-order valence-corrected chi connectivity index (χ2v) is 5.03. The van der Waals surface area contributed by atoms with Crippen LogP contribution in [0, 0.1) is 5.82 Å². The monoisotopic (exact) mass is 360 g/mol. The van der Waals surface area contributed by atoms with E-state index in [-0.39, 0.29) is 5.56 Å². The Balaban J connectivity index is 2.04. The fourth-order valence-corrected chi connectivity index (χ4v) is 1.96. The van der Waals surface area contributed by atoms with Gasteiger partial charge in [0.25, 0.3) is 5.91 Å². The van der Waals surface area contributed by atoms with E-state index in [0.717, 1.165) is 0 Å². The summed E-state index contributed by atoms with van der Waals surface area (Å²) in [7, 11) is 0. The van der Waals surface area contributed by atoms with Gasteiger partial charge in [-0.1, -0.05) is 0 Å². The molecule has 2 aromatic carbocycles. The number of nitrogens with one attached hydrogen (secondary N) is 1. The molecule has 136 valence electrons. The van der Waals surface area contributed by atoms with Gasteiger partial charge in [-0.15, -0.1) is 0 Å². The lowest BCUT2D eigenvalue weighted by molar-refractivity contribution is -0.139. The van der Waals surface area contributed by atoms with Gasteiger partial charge >= 0.3 is 5.97 Å². The van der Waals surface area contributed by atoms with Gasteiger partial charge in [0.1, 0.15) is 5.82 Å². The largest absolute Gasteiger partial charge is 0.490 e. The maximum absolute atomic E-state index is 12.8. The number of nitrogens with zero attached hydrogens (tertiary/aromatic N) is 1. The molecule has 0 unspecified atom stereocenters. The molecule has 0 fully saturated rings. The number of carbonyl (C=O) groups excluding carboxylic acids is 1. The standard InChI is InChI=1S/C18H17FN2O5/c1-2-25-16-9-12(3-8-15(16)26-11-17(22)23)10-20-21-18(24)13-4-6-14(19)7-5-13/h3-10H,2,11H2,1H3,(H,21,24)(H,22,23)/b20-10-. The minimum absolute atomic E-state index is 0.274. The highest BCUT2D eigenvalue weighted by Crippen LogP contribution is 2.28. The molecule has 0 radical (unpaired) electrons.